The second-order valence-corrected chi connectivity index (χ2v) is 5.03. The van der Waals surface area contributed by atoms with Gasteiger partial charge >= 0.3 is 11.9 Å². The molecule has 1 rings (SSSR count). The molecule has 0 saturated carbocycles. The highest BCUT2D eigenvalue weighted by Gasteiger charge is 2.14. The lowest BCUT2D eigenvalue weighted by Gasteiger charge is -2.07. The normalized spacial score (nSPS) is 10.1. The fourth-order valence-corrected chi connectivity index (χ4v) is 2.63. The maximum atomic E-state index is 11.5. The standard InChI is InChI=1S/C13H15ClO4S/c1-3-18-11(15)7-8-19-10-6-4-5-9(12(10)14)13(16)17-2/h4-6H,3,7-8H2,1-2H3. The van der Waals surface area contributed by atoms with E-state index in [1.54, 1.807) is 25.1 Å². The third-order valence-electron chi connectivity index (χ3n) is 2.24. The number of methoxy groups -OCH3 is 1. The van der Waals surface area contributed by atoms with Crippen LogP contribution in [-0.2, 0) is 14.3 Å². The molecule has 0 aliphatic carbocycles. The molecule has 4 nitrogen and oxygen atoms in total. The second-order valence-electron chi connectivity index (χ2n) is 3.51. The number of carbonyl (C=O) groups is 2. The van der Waals surface area contributed by atoms with E-state index in [2.05, 4.69) is 4.74 Å². The zero-order valence-electron chi connectivity index (χ0n) is 10.8. The van der Waals surface area contributed by atoms with Crippen molar-refractivity contribution in [2.75, 3.05) is 19.5 Å². The van der Waals surface area contributed by atoms with Gasteiger partial charge in [0.25, 0.3) is 0 Å². The SMILES string of the molecule is CCOC(=O)CCSc1cccc(C(=O)OC)c1Cl. The van der Waals surface area contributed by atoms with E-state index < -0.39 is 5.97 Å². The van der Waals surface area contributed by atoms with E-state index in [9.17, 15) is 9.59 Å². The molecule has 0 bridgehead atoms. The quantitative estimate of drug-likeness (QED) is 0.597. The van der Waals surface area contributed by atoms with E-state index >= 15 is 0 Å². The number of thioether (sulfide) groups is 1. The summed E-state index contributed by atoms with van der Waals surface area (Å²) in [5.41, 5.74) is 0.324. The molecule has 1 aromatic rings. The molecule has 0 aromatic heterocycles. The molecule has 0 atom stereocenters. The van der Waals surface area contributed by atoms with Crippen LogP contribution in [-0.4, -0.2) is 31.4 Å². The Kier molecular flexibility index (Phi) is 6.73. The van der Waals surface area contributed by atoms with Crippen LogP contribution in [0.2, 0.25) is 5.02 Å². The highest BCUT2D eigenvalue weighted by Crippen LogP contribution is 2.30. The topological polar surface area (TPSA) is 52.6 Å². The first-order chi connectivity index (χ1) is 9.10. The summed E-state index contributed by atoms with van der Waals surface area (Å²) in [7, 11) is 1.30. The predicted molar refractivity (Wildman–Crippen MR) is 74.8 cm³/mol. The monoisotopic (exact) mass is 302 g/mol. The largest absolute Gasteiger partial charge is 0.466 e. The van der Waals surface area contributed by atoms with E-state index in [1.807, 2.05) is 0 Å². The fourth-order valence-electron chi connectivity index (χ4n) is 1.37. The first kappa shape index (κ1) is 15.9. The molecule has 0 aliphatic heterocycles. The summed E-state index contributed by atoms with van der Waals surface area (Å²) in [6, 6.07) is 5.12. The van der Waals surface area contributed by atoms with Crippen molar-refractivity contribution >= 4 is 35.3 Å². The Morgan fingerprint density at radius 1 is 1.37 bits per heavy atom. The molecule has 0 spiro atoms. The van der Waals surface area contributed by atoms with Crippen molar-refractivity contribution in [2.24, 2.45) is 0 Å². The van der Waals surface area contributed by atoms with Crippen LogP contribution >= 0.6 is 23.4 Å². The number of carbonyl (C=O) groups excluding carboxylic acids is 2. The van der Waals surface area contributed by atoms with Gasteiger partial charge in [-0.05, 0) is 19.1 Å². The molecule has 1 aromatic carbocycles. The zero-order valence-corrected chi connectivity index (χ0v) is 12.3. The molecule has 0 heterocycles. The van der Waals surface area contributed by atoms with Crippen LogP contribution in [0.15, 0.2) is 23.1 Å². The third-order valence-corrected chi connectivity index (χ3v) is 3.82. The van der Waals surface area contributed by atoms with Gasteiger partial charge in [0.2, 0.25) is 0 Å². The Bertz CT molecular complexity index is 462. The maximum Gasteiger partial charge on any atom is 0.339 e. The molecule has 6 heteroatoms. The molecule has 0 radical (unpaired) electrons. The van der Waals surface area contributed by atoms with Crippen LogP contribution in [0.3, 0.4) is 0 Å². The Balaban J connectivity index is 2.64. The van der Waals surface area contributed by atoms with Gasteiger partial charge in [-0.2, -0.15) is 0 Å². The number of halogens is 1. The number of ether oxygens (including phenoxy) is 2. The van der Waals surface area contributed by atoms with Gasteiger partial charge in [0, 0.05) is 10.6 Å². The Morgan fingerprint density at radius 2 is 2.11 bits per heavy atom. The summed E-state index contributed by atoms with van der Waals surface area (Å²) in [6.07, 6.45) is 0.303. The summed E-state index contributed by atoms with van der Waals surface area (Å²) in [5.74, 6) is -0.170. The smallest absolute Gasteiger partial charge is 0.339 e. The molecule has 0 aliphatic rings. The van der Waals surface area contributed by atoms with E-state index in [0.29, 0.717) is 29.4 Å². The second kappa shape index (κ2) is 8.07. The first-order valence-electron chi connectivity index (χ1n) is 5.75. The maximum absolute atomic E-state index is 11.5. The minimum absolute atomic E-state index is 0.241. The first-order valence-corrected chi connectivity index (χ1v) is 7.11. The van der Waals surface area contributed by atoms with Gasteiger partial charge in [-0.3, -0.25) is 4.79 Å². The number of hydrogen-bond donors (Lipinski definition) is 0. The molecule has 0 N–H and O–H groups in total. The van der Waals surface area contributed by atoms with Crippen LogP contribution in [0.5, 0.6) is 0 Å². The van der Waals surface area contributed by atoms with Gasteiger partial charge in [-0.15, -0.1) is 11.8 Å². The van der Waals surface area contributed by atoms with Crippen LogP contribution in [0.25, 0.3) is 0 Å². The molecule has 0 saturated heterocycles. The van der Waals surface area contributed by atoms with Crippen molar-refractivity contribution in [3.05, 3.63) is 28.8 Å². The van der Waals surface area contributed by atoms with Crippen LogP contribution in [0, 0.1) is 0 Å². The van der Waals surface area contributed by atoms with Gasteiger partial charge in [-0.1, -0.05) is 17.7 Å². The van der Waals surface area contributed by atoms with Gasteiger partial charge in [-0.25, -0.2) is 4.79 Å². The molecule has 0 amide bonds. The lowest BCUT2D eigenvalue weighted by Crippen LogP contribution is -2.05. The highest BCUT2D eigenvalue weighted by molar-refractivity contribution is 7.99. The lowest BCUT2D eigenvalue weighted by molar-refractivity contribution is -0.142. The molecular weight excluding hydrogens is 288 g/mol. The Labute approximate surface area is 121 Å². The van der Waals surface area contributed by atoms with Gasteiger partial charge in [0.05, 0.1) is 30.7 Å². The van der Waals surface area contributed by atoms with E-state index in [-0.39, 0.29) is 5.97 Å². The minimum atomic E-state index is -0.474. The van der Waals surface area contributed by atoms with Crippen molar-refractivity contribution in [1.29, 1.82) is 0 Å². The number of hydrogen-bond acceptors (Lipinski definition) is 5. The summed E-state index contributed by atoms with van der Waals surface area (Å²) in [6.45, 7) is 2.14. The van der Waals surface area contributed by atoms with E-state index in [4.69, 9.17) is 16.3 Å². The van der Waals surface area contributed by atoms with Crippen LogP contribution in [0.1, 0.15) is 23.7 Å². The van der Waals surface area contributed by atoms with Crippen LogP contribution in [0.4, 0.5) is 0 Å². The molecule has 104 valence electrons. The van der Waals surface area contributed by atoms with Gasteiger partial charge in [0.1, 0.15) is 0 Å². The zero-order chi connectivity index (χ0) is 14.3. The molecular formula is C13H15ClO4S. The van der Waals surface area contributed by atoms with Crippen molar-refractivity contribution in [3.8, 4) is 0 Å². The predicted octanol–water partition coefficient (Wildman–Crippen LogP) is 3.17. The number of esters is 2. The van der Waals surface area contributed by atoms with Crippen LogP contribution < -0.4 is 0 Å². The van der Waals surface area contributed by atoms with Crippen molar-refractivity contribution in [2.45, 2.75) is 18.2 Å². The average Bonchev–Trinajstić information content (AvgIpc) is 2.40. The minimum Gasteiger partial charge on any atom is -0.466 e. The van der Waals surface area contributed by atoms with Gasteiger partial charge in [0.15, 0.2) is 0 Å². The summed E-state index contributed by atoms with van der Waals surface area (Å²) in [5, 5.41) is 0.350. The highest BCUT2D eigenvalue weighted by atomic mass is 35.5. The number of rotatable bonds is 6. The van der Waals surface area contributed by atoms with E-state index in [0.717, 1.165) is 4.90 Å². The molecule has 0 fully saturated rings. The summed E-state index contributed by atoms with van der Waals surface area (Å²) < 4.78 is 9.47. The summed E-state index contributed by atoms with van der Waals surface area (Å²) >= 11 is 7.52. The Hall–Kier alpha value is -1.20. The molecule has 0 unspecified atom stereocenters. The Morgan fingerprint density at radius 3 is 2.74 bits per heavy atom. The third kappa shape index (κ3) is 4.76. The average molecular weight is 303 g/mol. The molecule has 19 heavy (non-hydrogen) atoms. The fraction of sp³-hybridized carbons (Fsp3) is 0.385. The lowest BCUT2D eigenvalue weighted by atomic mass is 10.2. The van der Waals surface area contributed by atoms with Gasteiger partial charge < -0.3 is 9.47 Å². The van der Waals surface area contributed by atoms with Crippen molar-refractivity contribution < 1.29 is 19.1 Å². The van der Waals surface area contributed by atoms with Crippen molar-refractivity contribution in [1.82, 2.24) is 0 Å². The number of benzene rings is 1. The van der Waals surface area contributed by atoms with Crippen molar-refractivity contribution in [3.63, 3.8) is 0 Å². The summed E-state index contributed by atoms with van der Waals surface area (Å²) in [4.78, 5) is 23.4. The van der Waals surface area contributed by atoms with E-state index in [1.165, 1.54) is 18.9 Å².